The highest BCUT2D eigenvalue weighted by Gasteiger charge is 2.34. The third-order valence-corrected chi connectivity index (χ3v) is 2.54. The average molecular weight is 252 g/mol. The van der Waals surface area contributed by atoms with Crippen LogP contribution in [0.5, 0.6) is 0 Å². The molecule has 1 aromatic carbocycles. The van der Waals surface area contributed by atoms with Crippen molar-refractivity contribution in [3.63, 3.8) is 0 Å². The number of halogens is 3. The average Bonchev–Trinajstić information content (AvgIpc) is 2.29. The number of benzene rings is 1. The molecule has 1 aromatic heterocycles. The predicted molar refractivity (Wildman–Crippen MR) is 63.8 cm³/mol. The fraction of sp³-hybridized carbons (Fsp3) is 0.154. The number of pyridine rings is 1. The Bertz CT molecular complexity index is 559. The van der Waals surface area contributed by atoms with Crippen molar-refractivity contribution in [2.45, 2.75) is 13.1 Å². The number of alkyl halides is 3. The molecular formula is C13H11F3N2. The Morgan fingerprint density at radius 2 is 1.72 bits per heavy atom. The Balaban J connectivity index is 2.60. The van der Waals surface area contributed by atoms with Crippen LogP contribution in [0.2, 0.25) is 0 Å². The van der Waals surface area contributed by atoms with Crippen LogP contribution in [0.4, 0.5) is 18.9 Å². The van der Waals surface area contributed by atoms with Gasteiger partial charge in [-0.05, 0) is 13.0 Å². The number of hydrogen-bond donors (Lipinski definition) is 1. The molecule has 0 atom stereocenters. The van der Waals surface area contributed by atoms with E-state index in [1.165, 1.54) is 6.20 Å². The highest BCUT2D eigenvalue weighted by atomic mass is 19.4. The van der Waals surface area contributed by atoms with Gasteiger partial charge >= 0.3 is 6.18 Å². The molecule has 0 bridgehead atoms. The van der Waals surface area contributed by atoms with Crippen LogP contribution in [0.1, 0.15) is 11.1 Å². The van der Waals surface area contributed by atoms with E-state index < -0.39 is 11.7 Å². The van der Waals surface area contributed by atoms with Crippen molar-refractivity contribution in [1.29, 1.82) is 0 Å². The van der Waals surface area contributed by atoms with Crippen LogP contribution >= 0.6 is 0 Å². The van der Waals surface area contributed by atoms with Gasteiger partial charge in [-0.3, -0.25) is 4.98 Å². The zero-order valence-electron chi connectivity index (χ0n) is 9.62. The molecule has 0 fully saturated rings. The first kappa shape index (κ1) is 12.4. The quantitative estimate of drug-likeness (QED) is 0.841. The van der Waals surface area contributed by atoms with Gasteiger partial charge in [0.25, 0.3) is 0 Å². The van der Waals surface area contributed by atoms with Gasteiger partial charge in [0.15, 0.2) is 0 Å². The van der Waals surface area contributed by atoms with Crippen LogP contribution in [0, 0.1) is 6.92 Å². The van der Waals surface area contributed by atoms with Gasteiger partial charge in [0.2, 0.25) is 0 Å². The molecule has 5 heteroatoms. The van der Waals surface area contributed by atoms with E-state index in [0.717, 1.165) is 11.6 Å². The molecule has 2 rings (SSSR count). The Morgan fingerprint density at radius 1 is 1.11 bits per heavy atom. The molecule has 0 saturated carbocycles. The first-order chi connectivity index (χ1) is 8.38. The summed E-state index contributed by atoms with van der Waals surface area (Å²) in [6, 6.07) is 7.62. The van der Waals surface area contributed by atoms with Gasteiger partial charge in [0.1, 0.15) is 0 Å². The van der Waals surface area contributed by atoms with E-state index in [2.05, 4.69) is 4.98 Å². The summed E-state index contributed by atoms with van der Waals surface area (Å²) in [7, 11) is 0. The molecule has 2 N–H and O–H groups in total. The fourth-order valence-electron chi connectivity index (χ4n) is 1.64. The van der Waals surface area contributed by atoms with Gasteiger partial charge in [-0.15, -0.1) is 0 Å². The SMILES string of the molecule is Cc1ccc(-c2ncc(N)cc2C(F)(F)F)cc1. The molecule has 0 amide bonds. The van der Waals surface area contributed by atoms with E-state index in [4.69, 9.17) is 5.73 Å². The van der Waals surface area contributed by atoms with Crippen LogP contribution in [0.3, 0.4) is 0 Å². The molecule has 18 heavy (non-hydrogen) atoms. The van der Waals surface area contributed by atoms with E-state index in [1.54, 1.807) is 24.3 Å². The van der Waals surface area contributed by atoms with Crippen LogP contribution in [-0.2, 0) is 6.18 Å². The van der Waals surface area contributed by atoms with Gasteiger partial charge in [0.05, 0.1) is 23.1 Å². The molecule has 0 unspecified atom stereocenters. The molecule has 2 nitrogen and oxygen atoms in total. The summed E-state index contributed by atoms with van der Waals surface area (Å²) in [5.74, 6) is 0. The standard InChI is InChI=1S/C13H11F3N2/c1-8-2-4-9(5-3-8)12-11(13(14,15)16)6-10(17)7-18-12/h2-7H,17H2,1H3. The predicted octanol–water partition coefficient (Wildman–Crippen LogP) is 3.66. The molecule has 1 heterocycles. The Morgan fingerprint density at radius 3 is 2.28 bits per heavy atom. The Labute approximate surface area is 102 Å². The number of anilines is 1. The summed E-state index contributed by atoms with van der Waals surface area (Å²) in [6.45, 7) is 1.87. The van der Waals surface area contributed by atoms with E-state index in [9.17, 15) is 13.2 Å². The molecule has 94 valence electrons. The summed E-state index contributed by atoms with van der Waals surface area (Å²) in [4.78, 5) is 3.80. The monoisotopic (exact) mass is 252 g/mol. The van der Waals surface area contributed by atoms with Crippen LogP contribution in [0.25, 0.3) is 11.3 Å². The highest BCUT2D eigenvalue weighted by molar-refractivity contribution is 5.66. The lowest BCUT2D eigenvalue weighted by Gasteiger charge is -2.12. The summed E-state index contributed by atoms with van der Waals surface area (Å²) in [5, 5.41) is 0. The molecule has 0 saturated heterocycles. The molecule has 2 aromatic rings. The van der Waals surface area contributed by atoms with Crippen molar-refractivity contribution >= 4 is 5.69 Å². The van der Waals surface area contributed by atoms with Crippen molar-refractivity contribution in [3.05, 3.63) is 47.7 Å². The van der Waals surface area contributed by atoms with Crippen molar-refractivity contribution in [2.75, 3.05) is 5.73 Å². The first-order valence-electron chi connectivity index (χ1n) is 5.27. The maximum Gasteiger partial charge on any atom is 0.418 e. The third-order valence-electron chi connectivity index (χ3n) is 2.54. The molecule has 0 radical (unpaired) electrons. The normalized spacial score (nSPS) is 11.6. The van der Waals surface area contributed by atoms with Gasteiger partial charge in [0, 0.05) is 5.56 Å². The van der Waals surface area contributed by atoms with Crippen LogP contribution in [-0.4, -0.2) is 4.98 Å². The molecule has 0 aliphatic carbocycles. The summed E-state index contributed by atoms with van der Waals surface area (Å²) < 4.78 is 38.7. The number of nitrogen functional groups attached to an aromatic ring is 1. The highest BCUT2D eigenvalue weighted by Crippen LogP contribution is 2.36. The number of aromatic nitrogens is 1. The number of hydrogen-bond acceptors (Lipinski definition) is 2. The van der Waals surface area contributed by atoms with E-state index in [1.807, 2.05) is 6.92 Å². The van der Waals surface area contributed by atoms with Gasteiger partial charge < -0.3 is 5.73 Å². The Kier molecular flexibility index (Phi) is 2.98. The third kappa shape index (κ3) is 2.45. The maximum atomic E-state index is 12.9. The lowest BCUT2D eigenvalue weighted by molar-refractivity contribution is -0.137. The van der Waals surface area contributed by atoms with Crippen molar-refractivity contribution in [3.8, 4) is 11.3 Å². The number of nitrogens with zero attached hydrogens (tertiary/aromatic N) is 1. The minimum Gasteiger partial charge on any atom is -0.397 e. The minimum atomic E-state index is -4.47. The molecule has 0 aliphatic heterocycles. The molecule has 0 spiro atoms. The second-order valence-corrected chi connectivity index (χ2v) is 4.03. The van der Waals surface area contributed by atoms with E-state index in [-0.39, 0.29) is 11.4 Å². The maximum absolute atomic E-state index is 12.9. The number of aryl methyl sites for hydroxylation is 1. The number of nitrogens with two attached hydrogens (primary N) is 1. The topological polar surface area (TPSA) is 38.9 Å². The minimum absolute atomic E-state index is 0.00168. The molecular weight excluding hydrogens is 241 g/mol. The number of rotatable bonds is 1. The van der Waals surface area contributed by atoms with Crippen molar-refractivity contribution in [2.24, 2.45) is 0 Å². The summed E-state index contributed by atoms with van der Waals surface area (Å²) >= 11 is 0. The van der Waals surface area contributed by atoms with E-state index >= 15 is 0 Å². The largest absolute Gasteiger partial charge is 0.418 e. The van der Waals surface area contributed by atoms with Crippen LogP contribution in [0.15, 0.2) is 36.5 Å². The van der Waals surface area contributed by atoms with Crippen LogP contribution < -0.4 is 5.73 Å². The fourth-order valence-corrected chi connectivity index (χ4v) is 1.64. The first-order valence-corrected chi connectivity index (χ1v) is 5.27. The Hall–Kier alpha value is -2.04. The zero-order chi connectivity index (χ0) is 13.3. The van der Waals surface area contributed by atoms with Gasteiger partial charge in [-0.25, -0.2) is 0 Å². The second-order valence-electron chi connectivity index (χ2n) is 4.03. The zero-order valence-corrected chi connectivity index (χ0v) is 9.62. The van der Waals surface area contributed by atoms with Crippen molar-refractivity contribution < 1.29 is 13.2 Å². The lowest BCUT2D eigenvalue weighted by atomic mass is 10.0. The summed E-state index contributed by atoms with van der Waals surface area (Å²) in [5.41, 5.74) is 5.85. The van der Waals surface area contributed by atoms with E-state index in [0.29, 0.717) is 5.56 Å². The second kappa shape index (κ2) is 4.33. The molecule has 0 aliphatic rings. The van der Waals surface area contributed by atoms with Gasteiger partial charge in [-0.2, -0.15) is 13.2 Å². The van der Waals surface area contributed by atoms with Gasteiger partial charge in [-0.1, -0.05) is 29.8 Å². The lowest BCUT2D eigenvalue weighted by Crippen LogP contribution is -2.09. The smallest absolute Gasteiger partial charge is 0.397 e. The van der Waals surface area contributed by atoms with Crippen molar-refractivity contribution in [1.82, 2.24) is 4.98 Å². The summed E-state index contributed by atoms with van der Waals surface area (Å²) in [6.07, 6.45) is -3.24.